The lowest BCUT2D eigenvalue weighted by Gasteiger charge is -2.15. The van der Waals surface area contributed by atoms with Crippen molar-refractivity contribution in [2.75, 3.05) is 20.8 Å². The Bertz CT molecular complexity index is 515. The Morgan fingerprint density at radius 3 is 2.63 bits per heavy atom. The fourth-order valence-electron chi connectivity index (χ4n) is 1.86. The van der Waals surface area contributed by atoms with Crippen molar-refractivity contribution in [1.29, 1.82) is 0 Å². The molecule has 0 heterocycles. The third-order valence-electron chi connectivity index (χ3n) is 2.70. The van der Waals surface area contributed by atoms with Crippen LogP contribution in [0.5, 0.6) is 0 Å². The summed E-state index contributed by atoms with van der Waals surface area (Å²) in [6.45, 7) is 4.54. The molecule has 5 nitrogen and oxygen atoms in total. The van der Waals surface area contributed by atoms with Gasteiger partial charge in [-0.05, 0) is 38.1 Å². The zero-order chi connectivity index (χ0) is 14.5. The van der Waals surface area contributed by atoms with Crippen LogP contribution in [0.15, 0.2) is 23.1 Å². The largest absolute Gasteiger partial charge is 0.383 e. The van der Waals surface area contributed by atoms with E-state index in [2.05, 4.69) is 10.0 Å². The van der Waals surface area contributed by atoms with E-state index in [9.17, 15) is 8.42 Å². The van der Waals surface area contributed by atoms with Crippen molar-refractivity contribution >= 4 is 10.0 Å². The highest BCUT2D eigenvalue weighted by Crippen LogP contribution is 2.17. The van der Waals surface area contributed by atoms with Crippen LogP contribution in [0.2, 0.25) is 0 Å². The maximum Gasteiger partial charge on any atom is 0.241 e. The summed E-state index contributed by atoms with van der Waals surface area (Å²) in [5, 5.41) is 3.01. The Morgan fingerprint density at radius 2 is 2.05 bits per heavy atom. The number of ether oxygens (including phenoxy) is 1. The normalized spacial score (nSPS) is 13.5. The molecule has 1 aromatic rings. The van der Waals surface area contributed by atoms with Crippen molar-refractivity contribution in [2.24, 2.45) is 0 Å². The summed E-state index contributed by atoms with van der Waals surface area (Å²) in [5.74, 6) is 0. The summed E-state index contributed by atoms with van der Waals surface area (Å²) in [6, 6.07) is 5.18. The van der Waals surface area contributed by atoms with E-state index in [0.29, 0.717) is 18.0 Å². The van der Waals surface area contributed by atoms with Crippen molar-refractivity contribution in [2.45, 2.75) is 31.3 Å². The maximum atomic E-state index is 12.3. The third kappa shape index (κ3) is 4.58. The van der Waals surface area contributed by atoms with Gasteiger partial charge in [0.25, 0.3) is 0 Å². The molecule has 108 valence electrons. The fraction of sp³-hybridized carbons (Fsp3) is 0.538. The summed E-state index contributed by atoms with van der Waals surface area (Å²) in [6.07, 6.45) is 0. The van der Waals surface area contributed by atoms with Gasteiger partial charge in [0.05, 0.1) is 11.5 Å². The summed E-state index contributed by atoms with van der Waals surface area (Å²) in [5.41, 5.74) is 1.67. The van der Waals surface area contributed by atoms with Crippen molar-refractivity contribution < 1.29 is 13.2 Å². The molecule has 0 radical (unpaired) electrons. The predicted octanol–water partition coefficient (Wildman–Crippen LogP) is 1.03. The summed E-state index contributed by atoms with van der Waals surface area (Å²) >= 11 is 0. The van der Waals surface area contributed by atoms with Crippen LogP contribution in [0, 0.1) is 6.92 Å². The van der Waals surface area contributed by atoms with Gasteiger partial charge in [-0.2, -0.15) is 0 Å². The van der Waals surface area contributed by atoms with Gasteiger partial charge in [-0.25, -0.2) is 13.1 Å². The molecule has 0 saturated heterocycles. The molecular weight excluding hydrogens is 264 g/mol. The van der Waals surface area contributed by atoms with Gasteiger partial charge in [0.2, 0.25) is 10.0 Å². The molecular formula is C13H22N2O3S. The topological polar surface area (TPSA) is 67.4 Å². The quantitative estimate of drug-likeness (QED) is 0.785. The average molecular weight is 286 g/mol. The fourth-order valence-corrected chi connectivity index (χ4v) is 3.38. The van der Waals surface area contributed by atoms with E-state index in [0.717, 1.165) is 11.1 Å². The van der Waals surface area contributed by atoms with Crippen molar-refractivity contribution in [3.63, 3.8) is 0 Å². The second-order valence-corrected chi connectivity index (χ2v) is 6.29. The molecule has 1 unspecified atom stereocenters. The predicted molar refractivity (Wildman–Crippen MR) is 75.6 cm³/mol. The average Bonchev–Trinajstić information content (AvgIpc) is 2.31. The molecule has 0 spiro atoms. The molecule has 2 N–H and O–H groups in total. The van der Waals surface area contributed by atoms with E-state index in [4.69, 9.17) is 4.74 Å². The smallest absolute Gasteiger partial charge is 0.241 e. The van der Waals surface area contributed by atoms with Crippen molar-refractivity contribution in [3.05, 3.63) is 29.3 Å². The van der Waals surface area contributed by atoms with Crippen LogP contribution < -0.4 is 10.0 Å². The second-order valence-electron chi connectivity index (χ2n) is 4.61. The van der Waals surface area contributed by atoms with Crippen molar-refractivity contribution in [3.8, 4) is 0 Å². The van der Waals surface area contributed by atoms with E-state index in [1.54, 1.807) is 27.0 Å². The van der Waals surface area contributed by atoms with Crippen LogP contribution >= 0.6 is 0 Å². The lowest BCUT2D eigenvalue weighted by atomic mass is 10.1. The van der Waals surface area contributed by atoms with Gasteiger partial charge in [-0.15, -0.1) is 0 Å². The van der Waals surface area contributed by atoms with Gasteiger partial charge in [-0.1, -0.05) is 12.1 Å². The zero-order valence-electron chi connectivity index (χ0n) is 11.9. The van der Waals surface area contributed by atoms with E-state index >= 15 is 0 Å². The Hall–Kier alpha value is -0.950. The standard InChI is InChI=1S/C13H22N2O3S/c1-10-5-6-12(8-14-3)7-13(10)19(16,17)15-11(2)9-18-4/h5-7,11,14-15H,8-9H2,1-4H3. The molecule has 1 atom stereocenters. The Labute approximate surface area is 115 Å². The first-order chi connectivity index (χ1) is 8.90. The molecule has 6 heteroatoms. The van der Waals surface area contributed by atoms with Crippen LogP contribution in [-0.4, -0.2) is 35.2 Å². The minimum atomic E-state index is -3.51. The van der Waals surface area contributed by atoms with Gasteiger partial charge in [0.1, 0.15) is 0 Å². The van der Waals surface area contributed by atoms with Crippen LogP contribution in [0.3, 0.4) is 0 Å². The minimum Gasteiger partial charge on any atom is -0.383 e. The van der Waals surface area contributed by atoms with Crippen LogP contribution in [0.1, 0.15) is 18.1 Å². The van der Waals surface area contributed by atoms with Gasteiger partial charge in [-0.3, -0.25) is 0 Å². The first-order valence-electron chi connectivity index (χ1n) is 6.16. The van der Waals surface area contributed by atoms with Crippen molar-refractivity contribution in [1.82, 2.24) is 10.0 Å². The van der Waals surface area contributed by atoms with E-state index < -0.39 is 10.0 Å². The Morgan fingerprint density at radius 1 is 1.37 bits per heavy atom. The van der Waals surface area contributed by atoms with Crippen LogP contribution in [0.25, 0.3) is 0 Å². The molecule has 0 aliphatic rings. The van der Waals surface area contributed by atoms with Gasteiger partial charge < -0.3 is 10.1 Å². The first kappa shape index (κ1) is 16.1. The number of hydrogen-bond acceptors (Lipinski definition) is 4. The summed E-state index contributed by atoms with van der Waals surface area (Å²) in [4.78, 5) is 0.322. The number of methoxy groups -OCH3 is 1. The van der Waals surface area contributed by atoms with Gasteiger partial charge in [0, 0.05) is 19.7 Å². The number of sulfonamides is 1. The van der Waals surface area contributed by atoms with Gasteiger partial charge >= 0.3 is 0 Å². The highest BCUT2D eigenvalue weighted by Gasteiger charge is 2.19. The highest BCUT2D eigenvalue weighted by molar-refractivity contribution is 7.89. The minimum absolute atomic E-state index is 0.262. The molecule has 19 heavy (non-hydrogen) atoms. The highest BCUT2D eigenvalue weighted by atomic mass is 32.2. The maximum absolute atomic E-state index is 12.3. The summed E-state index contributed by atoms with van der Waals surface area (Å²) in [7, 11) is -0.139. The third-order valence-corrected chi connectivity index (χ3v) is 4.43. The Balaban J connectivity index is 3.02. The number of benzene rings is 1. The summed E-state index contributed by atoms with van der Waals surface area (Å²) < 4.78 is 32.2. The molecule has 1 aromatic carbocycles. The lowest BCUT2D eigenvalue weighted by molar-refractivity contribution is 0.180. The molecule has 0 bridgehead atoms. The number of rotatable bonds is 7. The lowest BCUT2D eigenvalue weighted by Crippen LogP contribution is -2.36. The zero-order valence-corrected chi connectivity index (χ0v) is 12.7. The number of aryl methyl sites for hydroxylation is 1. The molecule has 0 saturated carbocycles. The van der Waals surface area contributed by atoms with E-state index in [-0.39, 0.29) is 6.04 Å². The second kappa shape index (κ2) is 7.00. The van der Waals surface area contributed by atoms with E-state index in [1.165, 1.54) is 0 Å². The van der Waals surface area contributed by atoms with Crippen LogP contribution in [0.4, 0.5) is 0 Å². The number of hydrogen-bond donors (Lipinski definition) is 2. The number of nitrogens with one attached hydrogen (secondary N) is 2. The molecule has 0 aliphatic carbocycles. The Kier molecular flexibility index (Phi) is 5.93. The molecule has 0 amide bonds. The van der Waals surface area contributed by atoms with Crippen LogP contribution in [-0.2, 0) is 21.3 Å². The molecule has 1 rings (SSSR count). The molecule has 0 aromatic heterocycles. The van der Waals surface area contributed by atoms with Gasteiger partial charge in [0.15, 0.2) is 0 Å². The first-order valence-corrected chi connectivity index (χ1v) is 7.64. The van der Waals surface area contributed by atoms with E-state index in [1.807, 2.05) is 19.2 Å². The monoisotopic (exact) mass is 286 g/mol. The molecule has 0 aliphatic heterocycles. The molecule has 0 fully saturated rings. The SMILES string of the molecule is CNCc1ccc(C)c(S(=O)(=O)NC(C)COC)c1.